The molecule has 2 unspecified atom stereocenters. The quantitative estimate of drug-likeness (QED) is 0.853. The lowest BCUT2D eigenvalue weighted by atomic mass is 9.99. The van der Waals surface area contributed by atoms with Crippen LogP contribution in [0.5, 0.6) is 0 Å². The molecule has 0 bridgehead atoms. The Labute approximate surface area is 121 Å². The Kier molecular flexibility index (Phi) is 4.49. The largest absolute Gasteiger partial charge is 0.418 e. The van der Waals surface area contributed by atoms with E-state index in [0.717, 1.165) is 6.07 Å². The standard InChI is InChI=1S/C14H17ClF3NO/c1-8-6-10(7-9(2)20-8)19-13-11(14(16,17)18)4-3-5-12(13)15/h3-5,8-10,19H,6-7H2,1-2H3. The number of nitrogens with one attached hydrogen (secondary N) is 1. The number of alkyl halides is 3. The van der Waals surface area contributed by atoms with Gasteiger partial charge in [0, 0.05) is 6.04 Å². The number of benzene rings is 1. The van der Waals surface area contributed by atoms with Gasteiger partial charge in [0.25, 0.3) is 0 Å². The molecular weight excluding hydrogens is 291 g/mol. The highest BCUT2D eigenvalue weighted by Gasteiger charge is 2.35. The van der Waals surface area contributed by atoms with Crippen molar-refractivity contribution in [3.05, 3.63) is 28.8 Å². The monoisotopic (exact) mass is 307 g/mol. The van der Waals surface area contributed by atoms with Crippen molar-refractivity contribution in [3.63, 3.8) is 0 Å². The molecule has 112 valence electrons. The lowest BCUT2D eigenvalue weighted by Crippen LogP contribution is -2.37. The average Bonchev–Trinajstić information content (AvgIpc) is 2.29. The van der Waals surface area contributed by atoms with E-state index in [4.69, 9.17) is 16.3 Å². The summed E-state index contributed by atoms with van der Waals surface area (Å²) >= 11 is 5.93. The molecule has 0 radical (unpaired) electrons. The summed E-state index contributed by atoms with van der Waals surface area (Å²) in [5.74, 6) is 0. The third-order valence-electron chi connectivity index (χ3n) is 3.36. The molecule has 0 amide bonds. The van der Waals surface area contributed by atoms with Gasteiger partial charge in [0.05, 0.1) is 28.5 Å². The molecule has 2 rings (SSSR count). The van der Waals surface area contributed by atoms with Gasteiger partial charge in [0.15, 0.2) is 0 Å². The van der Waals surface area contributed by atoms with Gasteiger partial charge in [-0.2, -0.15) is 13.2 Å². The zero-order chi connectivity index (χ0) is 14.9. The van der Waals surface area contributed by atoms with Crippen LogP contribution in [0, 0.1) is 0 Å². The van der Waals surface area contributed by atoms with Crippen molar-refractivity contribution < 1.29 is 17.9 Å². The Bertz CT molecular complexity index is 468. The highest BCUT2D eigenvalue weighted by molar-refractivity contribution is 6.33. The van der Waals surface area contributed by atoms with E-state index in [1.54, 1.807) is 0 Å². The van der Waals surface area contributed by atoms with Gasteiger partial charge in [0.1, 0.15) is 0 Å². The van der Waals surface area contributed by atoms with Crippen molar-refractivity contribution in [1.29, 1.82) is 0 Å². The second-order valence-electron chi connectivity index (χ2n) is 5.23. The highest BCUT2D eigenvalue weighted by Crippen LogP contribution is 2.39. The van der Waals surface area contributed by atoms with Crippen LogP contribution in [-0.2, 0) is 10.9 Å². The van der Waals surface area contributed by atoms with Gasteiger partial charge >= 0.3 is 6.18 Å². The van der Waals surface area contributed by atoms with Crippen molar-refractivity contribution in [1.82, 2.24) is 0 Å². The summed E-state index contributed by atoms with van der Waals surface area (Å²) in [7, 11) is 0. The van der Waals surface area contributed by atoms with E-state index in [9.17, 15) is 13.2 Å². The fourth-order valence-electron chi connectivity index (χ4n) is 2.63. The smallest absolute Gasteiger partial charge is 0.380 e. The Morgan fingerprint density at radius 1 is 1.20 bits per heavy atom. The molecular formula is C14H17ClF3NO. The summed E-state index contributed by atoms with van der Waals surface area (Å²) in [4.78, 5) is 0. The number of hydrogen-bond donors (Lipinski definition) is 1. The Balaban J connectivity index is 2.24. The molecule has 1 aliphatic heterocycles. The normalized spacial score (nSPS) is 27.4. The summed E-state index contributed by atoms with van der Waals surface area (Å²) in [6.07, 6.45) is -3.06. The van der Waals surface area contributed by atoms with E-state index < -0.39 is 11.7 Å². The average molecular weight is 308 g/mol. The van der Waals surface area contributed by atoms with Crippen molar-refractivity contribution >= 4 is 17.3 Å². The Hall–Kier alpha value is -0.940. The van der Waals surface area contributed by atoms with Crippen molar-refractivity contribution in [3.8, 4) is 0 Å². The molecule has 1 heterocycles. The van der Waals surface area contributed by atoms with Crippen LogP contribution in [0.15, 0.2) is 18.2 Å². The maximum atomic E-state index is 13.0. The third kappa shape index (κ3) is 3.58. The van der Waals surface area contributed by atoms with Gasteiger partial charge in [-0.1, -0.05) is 17.7 Å². The van der Waals surface area contributed by atoms with E-state index >= 15 is 0 Å². The fraction of sp³-hybridized carbons (Fsp3) is 0.571. The summed E-state index contributed by atoms with van der Waals surface area (Å²) in [6, 6.07) is 3.74. The number of ether oxygens (including phenoxy) is 1. The molecule has 0 spiro atoms. The van der Waals surface area contributed by atoms with Gasteiger partial charge in [0.2, 0.25) is 0 Å². The lowest BCUT2D eigenvalue weighted by Gasteiger charge is -2.33. The van der Waals surface area contributed by atoms with Crippen molar-refractivity contribution in [2.24, 2.45) is 0 Å². The molecule has 1 aromatic rings. The Morgan fingerprint density at radius 2 is 1.80 bits per heavy atom. The fourth-order valence-corrected chi connectivity index (χ4v) is 2.86. The molecule has 0 aliphatic carbocycles. The zero-order valence-electron chi connectivity index (χ0n) is 11.3. The van der Waals surface area contributed by atoms with Crippen LogP contribution in [0.1, 0.15) is 32.3 Å². The molecule has 6 heteroatoms. The van der Waals surface area contributed by atoms with E-state index in [2.05, 4.69) is 5.32 Å². The number of anilines is 1. The van der Waals surface area contributed by atoms with Crippen LogP contribution < -0.4 is 5.32 Å². The first-order valence-electron chi connectivity index (χ1n) is 6.55. The lowest BCUT2D eigenvalue weighted by molar-refractivity contribution is -0.137. The second kappa shape index (κ2) is 5.82. The second-order valence-corrected chi connectivity index (χ2v) is 5.64. The molecule has 20 heavy (non-hydrogen) atoms. The number of rotatable bonds is 2. The van der Waals surface area contributed by atoms with Crippen LogP contribution in [0.3, 0.4) is 0 Å². The number of halogens is 4. The highest BCUT2D eigenvalue weighted by atomic mass is 35.5. The van der Waals surface area contributed by atoms with Gasteiger partial charge in [-0.05, 0) is 38.8 Å². The summed E-state index contributed by atoms with van der Waals surface area (Å²) in [5, 5.41) is 3.04. The molecule has 1 aliphatic rings. The van der Waals surface area contributed by atoms with Gasteiger partial charge in [-0.15, -0.1) is 0 Å². The van der Waals surface area contributed by atoms with Gasteiger partial charge in [-0.3, -0.25) is 0 Å². The zero-order valence-corrected chi connectivity index (χ0v) is 12.1. The SMILES string of the molecule is CC1CC(Nc2c(Cl)cccc2C(F)(F)F)CC(C)O1. The van der Waals surface area contributed by atoms with Crippen LogP contribution in [0.2, 0.25) is 5.02 Å². The molecule has 1 saturated heterocycles. The predicted molar refractivity (Wildman–Crippen MR) is 73.1 cm³/mol. The molecule has 1 fully saturated rings. The molecule has 0 saturated carbocycles. The van der Waals surface area contributed by atoms with E-state index in [1.165, 1.54) is 12.1 Å². The number of para-hydroxylation sites is 1. The van der Waals surface area contributed by atoms with Crippen LogP contribution in [0.25, 0.3) is 0 Å². The number of hydrogen-bond acceptors (Lipinski definition) is 2. The predicted octanol–water partition coefficient (Wildman–Crippen LogP) is 4.73. The summed E-state index contributed by atoms with van der Waals surface area (Å²) in [5.41, 5.74) is -0.759. The van der Waals surface area contributed by atoms with E-state index in [0.29, 0.717) is 12.8 Å². The maximum absolute atomic E-state index is 13.0. The van der Waals surface area contributed by atoms with Crippen molar-refractivity contribution in [2.75, 3.05) is 5.32 Å². The van der Waals surface area contributed by atoms with Gasteiger partial charge < -0.3 is 10.1 Å². The minimum atomic E-state index is -4.42. The molecule has 0 aromatic heterocycles. The van der Waals surface area contributed by atoms with Crippen molar-refractivity contribution in [2.45, 2.75) is 51.1 Å². The first kappa shape index (κ1) is 15.4. The van der Waals surface area contributed by atoms with Gasteiger partial charge in [-0.25, -0.2) is 0 Å². The topological polar surface area (TPSA) is 21.3 Å². The Morgan fingerprint density at radius 3 is 2.35 bits per heavy atom. The van der Waals surface area contributed by atoms with Crippen LogP contribution in [-0.4, -0.2) is 18.2 Å². The first-order chi connectivity index (χ1) is 9.27. The molecule has 1 aromatic carbocycles. The molecule has 2 nitrogen and oxygen atoms in total. The summed E-state index contributed by atoms with van der Waals surface area (Å²) < 4.78 is 44.6. The maximum Gasteiger partial charge on any atom is 0.418 e. The first-order valence-corrected chi connectivity index (χ1v) is 6.93. The molecule has 1 N–H and O–H groups in total. The van der Waals surface area contributed by atoms with Crippen LogP contribution >= 0.6 is 11.6 Å². The van der Waals surface area contributed by atoms with E-state index in [1.807, 2.05) is 13.8 Å². The summed E-state index contributed by atoms with van der Waals surface area (Å²) in [6.45, 7) is 3.84. The third-order valence-corrected chi connectivity index (χ3v) is 3.68. The molecule has 2 atom stereocenters. The minimum absolute atomic E-state index is 0.0214. The van der Waals surface area contributed by atoms with E-state index in [-0.39, 0.29) is 29.0 Å². The minimum Gasteiger partial charge on any atom is -0.380 e. The van der Waals surface area contributed by atoms with Crippen LogP contribution in [0.4, 0.5) is 18.9 Å².